The lowest BCUT2D eigenvalue weighted by Crippen LogP contribution is -2.33. The predicted molar refractivity (Wildman–Crippen MR) is 103 cm³/mol. The second kappa shape index (κ2) is 8.18. The summed E-state index contributed by atoms with van der Waals surface area (Å²) in [6.07, 6.45) is -0.142. The Bertz CT molecular complexity index is 770. The van der Waals surface area contributed by atoms with Crippen LogP contribution in [-0.2, 0) is 36.8 Å². The minimum atomic E-state index is -1.04. The number of rotatable bonds is 3. The molecule has 156 valence electrons. The summed E-state index contributed by atoms with van der Waals surface area (Å²) in [6.45, 7) is 10.2. The van der Waals surface area contributed by atoms with Crippen molar-refractivity contribution in [3.63, 3.8) is 0 Å². The zero-order chi connectivity index (χ0) is 21.3. The third kappa shape index (κ3) is 5.76. The number of esters is 2. The molecule has 1 unspecified atom stereocenters. The number of carbonyl (C=O) groups is 3. The van der Waals surface area contributed by atoms with Crippen LogP contribution in [-0.4, -0.2) is 46.9 Å². The summed E-state index contributed by atoms with van der Waals surface area (Å²) in [5, 5.41) is 12.1. The molecule has 1 aliphatic rings. The van der Waals surface area contributed by atoms with Crippen LogP contribution in [0.3, 0.4) is 0 Å². The molecule has 1 aliphatic heterocycles. The molecule has 8 nitrogen and oxygen atoms in total. The number of aliphatic hydroxyl groups is 1. The first-order valence-corrected chi connectivity index (χ1v) is 9.77. The second-order valence-electron chi connectivity index (χ2n) is 8.49. The SMILES string of the molecule is CC(C)(C)OC(=O)C(=O)Nc1sc2c(c1C(=O)OC(C)(C)C)CC(CO)OC2. The highest BCUT2D eigenvalue weighted by Gasteiger charge is 2.33. The Kier molecular flexibility index (Phi) is 6.52. The average molecular weight is 413 g/mol. The maximum atomic E-state index is 12.8. The maximum Gasteiger partial charge on any atom is 0.397 e. The van der Waals surface area contributed by atoms with Crippen molar-refractivity contribution in [3.8, 4) is 0 Å². The Balaban J connectivity index is 2.35. The van der Waals surface area contributed by atoms with E-state index in [4.69, 9.17) is 14.2 Å². The van der Waals surface area contributed by atoms with Crippen LogP contribution < -0.4 is 5.32 Å². The molecule has 0 spiro atoms. The number of hydrogen-bond donors (Lipinski definition) is 2. The van der Waals surface area contributed by atoms with E-state index in [-0.39, 0.29) is 23.8 Å². The van der Waals surface area contributed by atoms with E-state index in [1.807, 2.05) is 0 Å². The zero-order valence-electron chi connectivity index (χ0n) is 17.0. The van der Waals surface area contributed by atoms with Crippen LogP contribution in [0.2, 0.25) is 0 Å². The fraction of sp³-hybridized carbons (Fsp3) is 0.632. The Labute approximate surface area is 168 Å². The smallest absolute Gasteiger partial charge is 0.397 e. The molecule has 2 heterocycles. The van der Waals surface area contributed by atoms with Gasteiger partial charge in [0, 0.05) is 11.3 Å². The third-order valence-corrected chi connectivity index (χ3v) is 4.71. The molecule has 1 aromatic heterocycles. The highest BCUT2D eigenvalue weighted by Crippen LogP contribution is 2.39. The van der Waals surface area contributed by atoms with Gasteiger partial charge in [-0.3, -0.25) is 4.79 Å². The standard InChI is InChI=1S/C19H27NO7S/c1-18(2,3)26-16(23)13-11-7-10(8-21)25-9-12(11)28-15(13)20-14(22)17(24)27-19(4,5)6/h10,21H,7-9H2,1-6H3,(H,20,22). The predicted octanol–water partition coefficient (Wildman–Crippen LogP) is 2.42. The molecule has 0 saturated carbocycles. The Morgan fingerprint density at radius 1 is 1.14 bits per heavy atom. The zero-order valence-corrected chi connectivity index (χ0v) is 17.8. The molecule has 0 aromatic carbocycles. The Hall–Kier alpha value is -1.97. The van der Waals surface area contributed by atoms with E-state index < -0.39 is 35.2 Å². The van der Waals surface area contributed by atoms with Gasteiger partial charge in [-0.05, 0) is 47.1 Å². The van der Waals surface area contributed by atoms with Gasteiger partial charge in [-0.1, -0.05) is 0 Å². The van der Waals surface area contributed by atoms with Crippen LogP contribution in [0.4, 0.5) is 5.00 Å². The number of anilines is 1. The molecule has 1 atom stereocenters. The van der Waals surface area contributed by atoms with Gasteiger partial charge in [0.2, 0.25) is 0 Å². The highest BCUT2D eigenvalue weighted by molar-refractivity contribution is 7.17. The van der Waals surface area contributed by atoms with Crippen molar-refractivity contribution in [1.82, 2.24) is 0 Å². The average Bonchev–Trinajstić information content (AvgIpc) is 2.88. The highest BCUT2D eigenvalue weighted by atomic mass is 32.1. The molecule has 0 saturated heterocycles. The van der Waals surface area contributed by atoms with Crippen molar-refractivity contribution in [1.29, 1.82) is 0 Å². The molecule has 0 radical (unpaired) electrons. The molecule has 1 aromatic rings. The van der Waals surface area contributed by atoms with Crippen LogP contribution in [0.5, 0.6) is 0 Å². The number of nitrogens with one attached hydrogen (secondary N) is 1. The summed E-state index contributed by atoms with van der Waals surface area (Å²) >= 11 is 1.15. The fourth-order valence-electron chi connectivity index (χ4n) is 2.55. The molecule has 2 N–H and O–H groups in total. The van der Waals surface area contributed by atoms with Gasteiger partial charge in [-0.2, -0.15) is 0 Å². The molecule has 0 bridgehead atoms. The summed E-state index contributed by atoms with van der Waals surface area (Å²) in [6, 6.07) is 0. The monoisotopic (exact) mass is 413 g/mol. The van der Waals surface area contributed by atoms with Gasteiger partial charge in [0.15, 0.2) is 0 Å². The maximum absolute atomic E-state index is 12.8. The molecule has 9 heteroatoms. The summed E-state index contributed by atoms with van der Waals surface area (Å²) in [4.78, 5) is 37.8. The van der Waals surface area contributed by atoms with Gasteiger partial charge >= 0.3 is 17.8 Å². The molecular weight excluding hydrogens is 386 g/mol. The topological polar surface area (TPSA) is 111 Å². The van der Waals surface area contributed by atoms with Crippen LogP contribution in [0.25, 0.3) is 0 Å². The van der Waals surface area contributed by atoms with Gasteiger partial charge in [0.1, 0.15) is 16.2 Å². The third-order valence-electron chi connectivity index (χ3n) is 3.59. The van der Waals surface area contributed by atoms with Crippen LogP contribution in [0, 0.1) is 0 Å². The van der Waals surface area contributed by atoms with Crippen molar-refractivity contribution in [3.05, 3.63) is 16.0 Å². The van der Waals surface area contributed by atoms with Gasteiger partial charge in [0.25, 0.3) is 0 Å². The minimum absolute atomic E-state index is 0.189. The molecule has 28 heavy (non-hydrogen) atoms. The molecule has 0 aliphatic carbocycles. The number of thiophene rings is 1. The van der Waals surface area contributed by atoms with Gasteiger partial charge < -0.3 is 24.6 Å². The first kappa shape index (κ1) is 22.3. The van der Waals surface area contributed by atoms with Crippen LogP contribution >= 0.6 is 11.3 Å². The lowest BCUT2D eigenvalue weighted by molar-refractivity contribution is -0.161. The van der Waals surface area contributed by atoms with Gasteiger partial charge in [-0.15, -0.1) is 11.3 Å². The summed E-state index contributed by atoms with van der Waals surface area (Å²) < 4.78 is 16.1. The number of aliphatic hydroxyl groups excluding tert-OH is 1. The summed E-state index contributed by atoms with van der Waals surface area (Å²) in [5.74, 6) is -2.63. The van der Waals surface area contributed by atoms with Gasteiger partial charge in [0.05, 0.1) is 24.9 Å². The lowest BCUT2D eigenvalue weighted by atomic mass is 10.0. The van der Waals surface area contributed by atoms with Crippen molar-refractivity contribution < 1.29 is 33.7 Å². The van der Waals surface area contributed by atoms with E-state index in [2.05, 4.69) is 5.32 Å². The number of hydrogen-bond acceptors (Lipinski definition) is 8. The number of carbonyl (C=O) groups excluding carboxylic acids is 3. The number of ether oxygens (including phenoxy) is 3. The minimum Gasteiger partial charge on any atom is -0.456 e. The van der Waals surface area contributed by atoms with Crippen molar-refractivity contribution in [2.75, 3.05) is 11.9 Å². The number of amides is 1. The van der Waals surface area contributed by atoms with Gasteiger partial charge in [-0.25, -0.2) is 9.59 Å². The molecule has 1 amide bonds. The Morgan fingerprint density at radius 2 is 1.75 bits per heavy atom. The Morgan fingerprint density at radius 3 is 2.29 bits per heavy atom. The first-order chi connectivity index (χ1) is 12.8. The summed E-state index contributed by atoms with van der Waals surface area (Å²) in [7, 11) is 0. The fourth-order valence-corrected chi connectivity index (χ4v) is 3.69. The van der Waals surface area contributed by atoms with E-state index in [1.165, 1.54) is 0 Å². The van der Waals surface area contributed by atoms with Crippen molar-refractivity contribution in [2.24, 2.45) is 0 Å². The second-order valence-corrected chi connectivity index (χ2v) is 9.59. The molecular formula is C19H27NO7S. The van der Waals surface area contributed by atoms with Crippen molar-refractivity contribution in [2.45, 2.75) is 71.9 Å². The van der Waals surface area contributed by atoms with Crippen LogP contribution in [0.15, 0.2) is 0 Å². The summed E-state index contributed by atoms with van der Waals surface area (Å²) in [5.41, 5.74) is -0.711. The van der Waals surface area contributed by atoms with E-state index in [0.29, 0.717) is 12.0 Å². The normalized spacial score (nSPS) is 16.9. The largest absolute Gasteiger partial charge is 0.456 e. The lowest BCUT2D eigenvalue weighted by Gasteiger charge is -2.23. The van der Waals surface area contributed by atoms with E-state index >= 15 is 0 Å². The molecule has 0 fully saturated rings. The quantitative estimate of drug-likeness (QED) is 0.578. The van der Waals surface area contributed by atoms with E-state index in [9.17, 15) is 19.5 Å². The van der Waals surface area contributed by atoms with Crippen LogP contribution in [0.1, 0.15) is 62.3 Å². The first-order valence-electron chi connectivity index (χ1n) is 8.95. The van der Waals surface area contributed by atoms with Crippen molar-refractivity contribution >= 4 is 34.2 Å². The number of fused-ring (bicyclic) bond motifs is 1. The van der Waals surface area contributed by atoms with E-state index in [1.54, 1.807) is 41.5 Å². The molecule has 2 rings (SSSR count). The van der Waals surface area contributed by atoms with E-state index in [0.717, 1.165) is 16.2 Å².